The van der Waals surface area contributed by atoms with E-state index in [0.717, 1.165) is 11.8 Å². The van der Waals surface area contributed by atoms with Gasteiger partial charge < -0.3 is 10.2 Å². The molecule has 0 unspecified atom stereocenters. The van der Waals surface area contributed by atoms with Crippen LogP contribution in [0.4, 0.5) is 5.69 Å². The quantitative estimate of drug-likeness (QED) is 0.173. The smallest absolute Gasteiger partial charge is 0.167 e. The molecule has 2 N–H and O–H groups in total. The molecule has 32 heavy (non-hydrogen) atoms. The number of para-hydroxylation sites is 2. The minimum absolute atomic E-state index is 0.00710. The first-order chi connectivity index (χ1) is 15.6. The van der Waals surface area contributed by atoms with Gasteiger partial charge in [-0.2, -0.15) is 10.3 Å². The Morgan fingerprint density at radius 2 is 1.38 bits per heavy atom. The maximum Gasteiger partial charge on any atom is 0.167 e. The van der Waals surface area contributed by atoms with Crippen LogP contribution in [-0.4, -0.2) is 30.3 Å². The number of aromatic hydroxyl groups is 2. The molecule has 0 saturated heterocycles. The molecule has 4 aromatic rings. The molecular formula is C23H13N5O2S2. The van der Waals surface area contributed by atoms with Crippen LogP contribution in [0.5, 0.6) is 11.5 Å². The summed E-state index contributed by atoms with van der Waals surface area (Å²) in [6.07, 6.45) is 0. The monoisotopic (exact) mass is 455 g/mol. The molecule has 0 aliphatic heterocycles. The maximum absolute atomic E-state index is 10.3. The number of thioether (sulfide) groups is 1. The first-order valence-corrected chi connectivity index (χ1v) is 10.4. The van der Waals surface area contributed by atoms with Gasteiger partial charge in [0.25, 0.3) is 0 Å². The summed E-state index contributed by atoms with van der Waals surface area (Å²) in [7, 11) is 0. The van der Waals surface area contributed by atoms with E-state index in [1.165, 1.54) is 12.1 Å². The molecular weight excluding hydrogens is 442 g/mol. The third-order valence-corrected chi connectivity index (χ3v) is 5.07. The van der Waals surface area contributed by atoms with Gasteiger partial charge in [-0.15, -0.1) is 0 Å². The molecule has 0 fully saturated rings. The van der Waals surface area contributed by atoms with Crippen molar-refractivity contribution < 1.29 is 10.2 Å². The molecule has 1 heterocycles. The van der Waals surface area contributed by atoms with Crippen molar-refractivity contribution in [2.24, 2.45) is 4.99 Å². The van der Waals surface area contributed by atoms with Crippen LogP contribution in [-0.2, 0) is 0 Å². The Balaban J connectivity index is 1.99. The van der Waals surface area contributed by atoms with Gasteiger partial charge in [-0.05, 0) is 66.4 Å². The van der Waals surface area contributed by atoms with Crippen molar-refractivity contribution >= 4 is 34.8 Å². The normalized spacial score (nSPS) is 10.2. The average molecular weight is 456 g/mol. The number of nitriles is 1. The first-order valence-electron chi connectivity index (χ1n) is 9.21. The van der Waals surface area contributed by atoms with Crippen LogP contribution in [0.1, 0.15) is 0 Å². The number of hydrogen-bond acceptors (Lipinski definition) is 9. The van der Waals surface area contributed by atoms with E-state index in [-0.39, 0.29) is 29.0 Å². The van der Waals surface area contributed by atoms with Crippen LogP contribution in [0, 0.1) is 10.7 Å². The van der Waals surface area contributed by atoms with Crippen molar-refractivity contribution in [3.05, 3.63) is 66.7 Å². The lowest BCUT2D eigenvalue weighted by Gasteiger charge is -2.10. The molecule has 4 rings (SSSR count). The minimum Gasteiger partial charge on any atom is -0.507 e. The van der Waals surface area contributed by atoms with Gasteiger partial charge in [0.15, 0.2) is 17.5 Å². The fraction of sp³-hybridized carbons (Fsp3) is 0. The topological polar surface area (TPSA) is 115 Å². The molecule has 7 nitrogen and oxygen atoms in total. The highest BCUT2D eigenvalue weighted by Gasteiger charge is 2.17. The highest BCUT2D eigenvalue weighted by molar-refractivity contribution is 8.03. The lowest BCUT2D eigenvalue weighted by atomic mass is 10.1. The summed E-state index contributed by atoms with van der Waals surface area (Å²) in [6.45, 7) is 0. The second-order valence-electron chi connectivity index (χ2n) is 6.45. The zero-order valence-electron chi connectivity index (χ0n) is 16.3. The van der Waals surface area contributed by atoms with Crippen LogP contribution in [0.2, 0.25) is 0 Å². The lowest BCUT2D eigenvalue weighted by Crippen LogP contribution is -2.00. The van der Waals surface area contributed by atoms with E-state index in [1.807, 2.05) is 5.40 Å². The van der Waals surface area contributed by atoms with Gasteiger partial charge in [0.1, 0.15) is 16.9 Å². The molecule has 3 aromatic carbocycles. The molecule has 0 radical (unpaired) electrons. The number of aliphatic imine (C=N–C) groups is 1. The Labute approximate surface area is 192 Å². The predicted molar refractivity (Wildman–Crippen MR) is 126 cm³/mol. The van der Waals surface area contributed by atoms with Gasteiger partial charge >= 0.3 is 0 Å². The number of phenols is 2. The predicted octanol–water partition coefficient (Wildman–Crippen LogP) is 5.59. The third kappa shape index (κ3) is 4.48. The van der Waals surface area contributed by atoms with Crippen LogP contribution in [0.15, 0.2) is 76.6 Å². The van der Waals surface area contributed by atoms with Gasteiger partial charge in [0, 0.05) is 10.5 Å². The second-order valence-corrected chi connectivity index (χ2v) is 7.49. The van der Waals surface area contributed by atoms with Crippen LogP contribution < -0.4 is 0 Å². The van der Waals surface area contributed by atoms with Crippen LogP contribution >= 0.6 is 24.0 Å². The number of isothiocyanates is 1. The Bertz CT molecular complexity index is 1350. The van der Waals surface area contributed by atoms with Gasteiger partial charge in [-0.25, -0.2) is 15.0 Å². The van der Waals surface area contributed by atoms with Crippen LogP contribution in [0.25, 0.3) is 34.2 Å². The Kier molecular flexibility index (Phi) is 6.19. The van der Waals surface area contributed by atoms with Crippen molar-refractivity contribution in [1.29, 1.82) is 5.26 Å². The number of benzene rings is 3. The number of thiocarbonyl (C=S) groups is 1. The summed E-state index contributed by atoms with van der Waals surface area (Å²) in [6, 6.07) is 18.5. The van der Waals surface area contributed by atoms with Crippen molar-refractivity contribution in [3.63, 3.8) is 0 Å². The largest absolute Gasteiger partial charge is 0.507 e. The van der Waals surface area contributed by atoms with Crippen molar-refractivity contribution in [2.45, 2.75) is 4.90 Å². The second kappa shape index (κ2) is 9.37. The lowest BCUT2D eigenvalue weighted by molar-refractivity contribution is 0.477. The molecule has 0 atom stereocenters. The summed E-state index contributed by atoms with van der Waals surface area (Å²) in [4.78, 5) is 18.2. The summed E-state index contributed by atoms with van der Waals surface area (Å²) in [5.41, 5.74) is 1.87. The van der Waals surface area contributed by atoms with Crippen molar-refractivity contribution in [1.82, 2.24) is 15.0 Å². The highest BCUT2D eigenvalue weighted by Crippen LogP contribution is 2.34. The molecule has 154 valence electrons. The Hall–Kier alpha value is -4.09. The molecule has 0 amide bonds. The number of aromatic nitrogens is 3. The van der Waals surface area contributed by atoms with E-state index < -0.39 is 0 Å². The average Bonchev–Trinajstić information content (AvgIpc) is 2.80. The molecule has 1 aromatic heterocycles. The summed E-state index contributed by atoms with van der Waals surface area (Å²) in [5, 5.41) is 34.1. The van der Waals surface area contributed by atoms with Gasteiger partial charge in [-0.3, -0.25) is 0 Å². The number of hydrogen-bond donors (Lipinski definition) is 2. The maximum atomic E-state index is 10.3. The van der Waals surface area contributed by atoms with E-state index in [2.05, 4.69) is 25.1 Å². The SMILES string of the molecule is N#CSc1cc(N=C=S)cc(-c2nc(-c3ccccc3O)nc(-c3ccccc3O)n2)c1. The number of rotatable bonds is 5. The van der Waals surface area contributed by atoms with E-state index >= 15 is 0 Å². The van der Waals surface area contributed by atoms with Gasteiger partial charge in [0.05, 0.1) is 22.0 Å². The number of nitrogens with zero attached hydrogens (tertiary/aromatic N) is 5. The summed E-state index contributed by atoms with van der Waals surface area (Å²) >= 11 is 5.68. The fourth-order valence-electron chi connectivity index (χ4n) is 3.01. The first kappa shape index (κ1) is 21.2. The number of thiocyanates is 1. The molecule has 0 aliphatic rings. The molecule has 0 aliphatic carbocycles. The van der Waals surface area contributed by atoms with E-state index in [0.29, 0.717) is 27.3 Å². The van der Waals surface area contributed by atoms with Crippen LogP contribution in [0.3, 0.4) is 0 Å². The fourth-order valence-corrected chi connectivity index (χ4v) is 3.59. The summed E-state index contributed by atoms with van der Waals surface area (Å²) < 4.78 is 0. The Morgan fingerprint density at radius 3 is 1.91 bits per heavy atom. The molecule has 9 heteroatoms. The van der Waals surface area contributed by atoms with Crippen molar-refractivity contribution in [3.8, 4) is 51.1 Å². The third-order valence-electron chi connectivity index (χ3n) is 4.41. The van der Waals surface area contributed by atoms with Gasteiger partial charge in [0.2, 0.25) is 0 Å². The van der Waals surface area contributed by atoms with Crippen molar-refractivity contribution in [2.75, 3.05) is 0 Å². The summed E-state index contributed by atoms with van der Waals surface area (Å²) in [5.74, 6) is 0.743. The van der Waals surface area contributed by atoms with Gasteiger partial charge in [-0.1, -0.05) is 24.3 Å². The Morgan fingerprint density at radius 1 is 0.812 bits per heavy atom. The van der Waals surface area contributed by atoms with E-state index in [4.69, 9.17) is 17.5 Å². The standard InChI is InChI=1S/C23H13N5O2S2/c24-12-32-16-10-14(9-15(11-16)25-13-31)21-26-22(17-5-1-3-7-19(17)29)28-23(27-21)18-6-2-4-8-20(18)30/h1-11,29-30H. The van der Waals surface area contributed by atoms with E-state index in [1.54, 1.807) is 54.6 Å². The number of phenolic OH excluding ortho intramolecular Hbond substituents is 2. The molecule has 0 bridgehead atoms. The zero-order valence-corrected chi connectivity index (χ0v) is 17.9. The minimum atomic E-state index is 0.00710. The molecule has 0 spiro atoms. The molecule has 0 saturated carbocycles. The highest BCUT2D eigenvalue weighted by atomic mass is 32.2. The van der Waals surface area contributed by atoms with E-state index in [9.17, 15) is 10.2 Å². The zero-order chi connectivity index (χ0) is 22.5.